The van der Waals surface area contributed by atoms with E-state index in [0.29, 0.717) is 5.92 Å². The van der Waals surface area contributed by atoms with Crippen LogP contribution in [0.4, 0.5) is 0 Å². The Balaban J connectivity index is 1.94. The number of guanidine groups is 1. The van der Waals surface area contributed by atoms with Gasteiger partial charge in [0, 0.05) is 38.2 Å². The van der Waals surface area contributed by atoms with Crippen LogP contribution in [0.1, 0.15) is 25.8 Å². The number of nitrogens with zero attached hydrogens (tertiary/aromatic N) is 3. The third kappa shape index (κ3) is 5.70. The molecule has 0 aliphatic carbocycles. The average molecular weight is 337 g/mol. The topological polar surface area (TPSA) is 30.9 Å². The lowest BCUT2D eigenvalue weighted by Gasteiger charge is -2.23. The second-order valence-corrected chi connectivity index (χ2v) is 6.66. The largest absolute Gasteiger partial charge is 0.357 e. The molecule has 1 aliphatic rings. The molecule has 0 aromatic heterocycles. The van der Waals surface area contributed by atoms with Gasteiger partial charge >= 0.3 is 0 Å². The summed E-state index contributed by atoms with van der Waals surface area (Å²) < 4.78 is 0. The van der Waals surface area contributed by atoms with Crippen LogP contribution in [0.3, 0.4) is 0 Å². The molecule has 0 saturated carbocycles. The van der Waals surface area contributed by atoms with E-state index >= 15 is 0 Å². The standard InChI is InChI=1S/C18H29ClN4/c1-4-20-18(21-12-16-9-10-23(5-2)14-16)22(3)13-15-7-6-8-17(19)11-15/h6-8,11,16H,4-5,9-10,12-14H2,1-3H3,(H,20,21). The van der Waals surface area contributed by atoms with Gasteiger partial charge in [-0.25, -0.2) is 0 Å². The van der Waals surface area contributed by atoms with E-state index < -0.39 is 0 Å². The maximum absolute atomic E-state index is 6.07. The summed E-state index contributed by atoms with van der Waals surface area (Å²) in [6.45, 7) is 10.5. The first-order valence-electron chi connectivity index (χ1n) is 8.58. The number of benzene rings is 1. The van der Waals surface area contributed by atoms with E-state index in [9.17, 15) is 0 Å². The fourth-order valence-electron chi connectivity index (χ4n) is 3.02. The molecule has 1 atom stereocenters. The van der Waals surface area contributed by atoms with Gasteiger partial charge in [0.15, 0.2) is 5.96 Å². The van der Waals surface area contributed by atoms with Crippen molar-refractivity contribution in [2.24, 2.45) is 10.9 Å². The summed E-state index contributed by atoms with van der Waals surface area (Å²) in [5, 5.41) is 4.18. The van der Waals surface area contributed by atoms with Crippen LogP contribution < -0.4 is 5.32 Å². The molecular formula is C18H29ClN4. The fourth-order valence-corrected chi connectivity index (χ4v) is 3.23. The summed E-state index contributed by atoms with van der Waals surface area (Å²) in [6.07, 6.45) is 1.26. The van der Waals surface area contributed by atoms with Crippen molar-refractivity contribution < 1.29 is 0 Å². The van der Waals surface area contributed by atoms with Gasteiger partial charge in [-0.3, -0.25) is 4.99 Å². The molecule has 128 valence electrons. The van der Waals surface area contributed by atoms with E-state index in [-0.39, 0.29) is 0 Å². The summed E-state index contributed by atoms with van der Waals surface area (Å²) in [5.74, 6) is 1.66. The molecule has 0 radical (unpaired) electrons. The number of hydrogen-bond acceptors (Lipinski definition) is 2. The van der Waals surface area contributed by atoms with Crippen LogP contribution in [-0.2, 0) is 6.54 Å². The highest BCUT2D eigenvalue weighted by Crippen LogP contribution is 2.16. The zero-order valence-electron chi connectivity index (χ0n) is 14.6. The maximum atomic E-state index is 6.07. The number of rotatable bonds is 6. The van der Waals surface area contributed by atoms with Crippen LogP contribution in [0.2, 0.25) is 5.02 Å². The molecule has 1 unspecified atom stereocenters. The normalized spacial score (nSPS) is 19.1. The zero-order valence-corrected chi connectivity index (χ0v) is 15.3. The van der Waals surface area contributed by atoms with Crippen molar-refractivity contribution in [2.75, 3.05) is 39.8 Å². The summed E-state index contributed by atoms with van der Waals surface area (Å²) in [4.78, 5) is 9.53. The van der Waals surface area contributed by atoms with E-state index in [1.54, 1.807) is 0 Å². The predicted octanol–water partition coefficient (Wildman–Crippen LogP) is 3.08. The number of hydrogen-bond donors (Lipinski definition) is 1. The predicted molar refractivity (Wildman–Crippen MR) is 99.1 cm³/mol. The van der Waals surface area contributed by atoms with Crippen molar-refractivity contribution in [3.8, 4) is 0 Å². The highest BCUT2D eigenvalue weighted by atomic mass is 35.5. The first kappa shape index (κ1) is 18.1. The van der Waals surface area contributed by atoms with Gasteiger partial charge in [0.2, 0.25) is 0 Å². The second kappa shape index (κ2) is 9.14. The molecule has 1 aromatic carbocycles. The van der Waals surface area contributed by atoms with Crippen molar-refractivity contribution in [2.45, 2.75) is 26.8 Å². The molecule has 1 heterocycles. The van der Waals surface area contributed by atoms with Gasteiger partial charge < -0.3 is 15.1 Å². The van der Waals surface area contributed by atoms with Crippen molar-refractivity contribution in [1.29, 1.82) is 0 Å². The summed E-state index contributed by atoms with van der Waals surface area (Å²) in [5.41, 5.74) is 1.20. The molecule has 0 bridgehead atoms. The Labute approximate surface area is 145 Å². The van der Waals surface area contributed by atoms with Crippen LogP contribution in [0.15, 0.2) is 29.3 Å². The number of likely N-dealkylation sites (tertiary alicyclic amines) is 1. The molecule has 0 amide bonds. The maximum Gasteiger partial charge on any atom is 0.193 e. The highest BCUT2D eigenvalue weighted by Gasteiger charge is 2.21. The van der Waals surface area contributed by atoms with E-state index in [2.05, 4.69) is 42.1 Å². The van der Waals surface area contributed by atoms with Gasteiger partial charge in [0.1, 0.15) is 0 Å². The molecule has 5 heteroatoms. The van der Waals surface area contributed by atoms with Crippen molar-refractivity contribution in [3.63, 3.8) is 0 Å². The number of halogens is 1. The molecule has 2 rings (SSSR count). The molecule has 23 heavy (non-hydrogen) atoms. The molecule has 1 fully saturated rings. The van der Waals surface area contributed by atoms with Crippen LogP contribution in [-0.4, -0.2) is 55.5 Å². The third-order valence-corrected chi connectivity index (χ3v) is 4.56. The fraction of sp³-hybridized carbons (Fsp3) is 0.611. The Bertz CT molecular complexity index is 517. The van der Waals surface area contributed by atoms with Crippen LogP contribution in [0.5, 0.6) is 0 Å². The molecular weight excluding hydrogens is 308 g/mol. The lowest BCUT2D eigenvalue weighted by molar-refractivity contribution is 0.343. The van der Waals surface area contributed by atoms with Crippen LogP contribution >= 0.6 is 11.6 Å². The molecule has 0 spiro atoms. The van der Waals surface area contributed by atoms with Gasteiger partial charge in [-0.05, 0) is 50.0 Å². The van der Waals surface area contributed by atoms with E-state index in [1.165, 1.54) is 25.1 Å². The van der Waals surface area contributed by atoms with Crippen molar-refractivity contribution in [3.05, 3.63) is 34.9 Å². The number of nitrogens with one attached hydrogen (secondary N) is 1. The van der Waals surface area contributed by atoms with Gasteiger partial charge in [-0.1, -0.05) is 30.7 Å². The lowest BCUT2D eigenvalue weighted by atomic mass is 10.1. The first-order chi connectivity index (χ1) is 11.1. The Kier molecular flexibility index (Phi) is 7.18. The Morgan fingerprint density at radius 1 is 1.43 bits per heavy atom. The monoisotopic (exact) mass is 336 g/mol. The van der Waals surface area contributed by atoms with E-state index in [4.69, 9.17) is 16.6 Å². The Morgan fingerprint density at radius 2 is 2.26 bits per heavy atom. The first-order valence-corrected chi connectivity index (χ1v) is 8.96. The Hall–Kier alpha value is -1.26. The van der Waals surface area contributed by atoms with Crippen molar-refractivity contribution in [1.82, 2.24) is 15.1 Å². The van der Waals surface area contributed by atoms with Crippen LogP contribution in [0, 0.1) is 5.92 Å². The van der Waals surface area contributed by atoms with E-state index in [0.717, 1.165) is 37.2 Å². The second-order valence-electron chi connectivity index (χ2n) is 6.23. The van der Waals surface area contributed by atoms with E-state index in [1.807, 2.05) is 18.2 Å². The summed E-state index contributed by atoms with van der Waals surface area (Å²) >= 11 is 6.07. The smallest absolute Gasteiger partial charge is 0.193 e. The Morgan fingerprint density at radius 3 is 2.91 bits per heavy atom. The lowest BCUT2D eigenvalue weighted by Crippen LogP contribution is -2.39. The number of aliphatic imine (C=N–C) groups is 1. The average Bonchev–Trinajstić information content (AvgIpc) is 2.99. The van der Waals surface area contributed by atoms with Gasteiger partial charge in [-0.2, -0.15) is 0 Å². The van der Waals surface area contributed by atoms with Crippen molar-refractivity contribution >= 4 is 17.6 Å². The minimum atomic E-state index is 0.683. The van der Waals surface area contributed by atoms with Gasteiger partial charge in [0.25, 0.3) is 0 Å². The third-order valence-electron chi connectivity index (χ3n) is 4.32. The zero-order chi connectivity index (χ0) is 16.7. The quantitative estimate of drug-likeness (QED) is 0.639. The molecule has 4 nitrogen and oxygen atoms in total. The molecule has 1 N–H and O–H groups in total. The minimum Gasteiger partial charge on any atom is -0.357 e. The highest BCUT2D eigenvalue weighted by molar-refractivity contribution is 6.30. The molecule has 1 saturated heterocycles. The molecule has 1 aliphatic heterocycles. The minimum absolute atomic E-state index is 0.683. The summed E-state index contributed by atoms with van der Waals surface area (Å²) in [6, 6.07) is 8.01. The van der Waals surface area contributed by atoms with Gasteiger partial charge in [0.05, 0.1) is 0 Å². The van der Waals surface area contributed by atoms with Gasteiger partial charge in [-0.15, -0.1) is 0 Å². The molecule has 1 aromatic rings. The van der Waals surface area contributed by atoms with Crippen LogP contribution in [0.25, 0.3) is 0 Å². The summed E-state index contributed by atoms with van der Waals surface area (Å²) in [7, 11) is 2.08. The SMILES string of the molecule is CCNC(=NCC1CCN(CC)C1)N(C)Cc1cccc(Cl)c1.